The first kappa shape index (κ1) is 18.9. The summed E-state index contributed by atoms with van der Waals surface area (Å²) in [5, 5.41) is 18.3. The minimum atomic E-state index is 1.29. The molecule has 0 nitrogen and oxygen atoms in total. The van der Waals surface area contributed by atoms with E-state index in [0.29, 0.717) is 0 Å². The molecule has 8 aromatic rings. The molecule has 8 aromatic carbocycles. The molecular weight excluding hydrogens is 420 g/mol. The highest BCUT2D eigenvalue weighted by Crippen LogP contribution is 2.37. The molecule has 35 heavy (non-hydrogen) atoms. The second-order valence-corrected chi connectivity index (χ2v) is 9.90. The molecule has 0 atom stereocenters. The van der Waals surface area contributed by atoms with Crippen molar-refractivity contribution in [3.8, 4) is 0 Å². The number of aryl methyl sites for hydroxylation is 1. The molecule has 0 heterocycles. The molecule has 8 rings (SSSR count). The van der Waals surface area contributed by atoms with E-state index in [4.69, 9.17) is 0 Å². The van der Waals surface area contributed by atoms with Gasteiger partial charge in [0.2, 0.25) is 0 Å². The quantitative estimate of drug-likeness (QED) is 0.162. The van der Waals surface area contributed by atoms with Gasteiger partial charge in [-0.25, -0.2) is 0 Å². The van der Waals surface area contributed by atoms with E-state index in [9.17, 15) is 0 Å². The van der Waals surface area contributed by atoms with Gasteiger partial charge in [0.05, 0.1) is 0 Å². The van der Waals surface area contributed by atoms with Crippen LogP contribution in [0.25, 0.3) is 75.4 Å². The molecule has 0 heteroatoms. The number of benzene rings is 8. The monoisotopic (exact) mass is 442 g/mol. The summed E-state index contributed by atoms with van der Waals surface area (Å²) in [5.74, 6) is 0. The maximum Gasteiger partial charge on any atom is -0.00988 e. The molecule has 0 aliphatic rings. The van der Waals surface area contributed by atoms with Crippen LogP contribution in [0.3, 0.4) is 0 Å². The van der Waals surface area contributed by atoms with Gasteiger partial charge in [0.15, 0.2) is 0 Å². The van der Waals surface area contributed by atoms with Crippen molar-refractivity contribution in [3.05, 3.63) is 121 Å². The second kappa shape index (κ2) is 6.81. The van der Waals surface area contributed by atoms with Gasteiger partial charge in [-0.2, -0.15) is 0 Å². The maximum atomic E-state index is 2.40. The molecule has 0 saturated carbocycles. The van der Waals surface area contributed by atoms with Crippen molar-refractivity contribution in [1.29, 1.82) is 0 Å². The van der Waals surface area contributed by atoms with Crippen molar-refractivity contribution in [2.24, 2.45) is 0 Å². The van der Waals surface area contributed by atoms with Crippen LogP contribution in [-0.4, -0.2) is 0 Å². The predicted octanol–water partition coefficient (Wildman–Crippen LogP) is 10.1. The fourth-order valence-corrected chi connectivity index (χ4v) is 6.02. The van der Waals surface area contributed by atoms with Crippen LogP contribution in [0, 0.1) is 6.92 Å². The lowest BCUT2D eigenvalue weighted by atomic mass is 9.91. The lowest BCUT2D eigenvalue weighted by Gasteiger charge is -2.12. The molecule has 0 bridgehead atoms. The topological polar surface area (TPSA) is 0 Å². The average molecular weight is 443 g/mol. The van der Waals surface area contributed by atoms with Crippen molar-refractivity contribution >= 4 is 75.4 Å². The highest BCUT2D eigenvalue weighted by atomic mass is 14.1. The smallest absolute Gasteiger partial charge is 0.00988 e. The lowest BCUT2D eigenvalue weighted by molar-refractivity contribution is 1.60. The predicted molar refractivity (Wildman–Crippen MR) is 154 cm³/mol. The summed E-state index contributed by atoms with van der Waals surface area (Å²) >= 11 is 0. The van der Waals surface area contributed by atoms with Gasteiger partial charge in [0.1, 0.15) is 0 Å². The first-order valence-electron chi connectivity index (χ1n) is 12.3. The zero-order valence-electron chi connectivity index (χ0n) is 19.5. The Morgan fingerprint density at radius 3 is 1.23 bits per heavy atom. The van der Waals surface area contributed by atoms with Gasteiger partial charge in [0, 0.05) is 0 Å². The summed E-state index contributed by atoms with van der Waals surface area (Å²) in [6.45, 7) is 2.27. The van der Waals surface area contributed by atoms with Crippen molar-refractivity contribution in [2.45, 2.75) is 6.92 Å². The second-order valence-electron chi connectivity index (χ2n) is 9.90. The zero-order valence-corrected chi connectivity index (χ0v) is 19.5. The summed E-state index contributed by atoms with van der Waals surface area (Å²) in [7, 11) is 0. The zero-order chi connectivity index (χ0) is 23.1. The summed E-state index contributed by atoms with van der Waals surface area (Å²) in [6.07, 6.45) is 0. The number of hydrogen-bond donors (Lipinski definition) is 0. The van der Waals surface area contributed by atoms with Crippen molar-refractivity contribution in [2.75, 3.05) is 0 Å². The van der Waals surface area contributed by atoms with Crippen LogP contribution in [0.4, 0.5) is 0 Å². The summed E-state index contributed by atoms with van der Waals surface area (Å²) < 4.78 is 0. The van der Waals surface area contributed by atoms with Gasteiger partial charge in [-0.15, -0.1) is 0 Å². The number of hydrogen-bond acceptors (Lipinski definition) is 0. The lowest BCUT2D eigenvalue weighted by Crippen LogP contribution is -1.86. The normalized spacial score (nSPS) is 12.1. The van der Waals surface area contributed by atoms with E-state index in [2.05, 4.69) is 122 Å². The van der Waals surface area contributed by atoms with Crippen molar-refractivity contribution in [3.63, 3.8) is 0 Å². The Morgan fingerprint density at radius 2 is 0.629 bits per heavy atom. The fourth-order valence-electron chi connectivity index (χ4n) is 6.02. The third-order valence-corrected chi connectivity index (χ3v) is 7.86. The molecule has 0 aromatic heterocycles. The Hall–Kier alpha value is -4.42. The summed E-state index contributed by atoms with van der Waals surface area (Å²) in [6, 6.07) is 43.1. The van der Waals surface area contributed by atoms with Crippen LogP contribution >= 0.6 is 0 Å². The fraction of sp³-hybridized carbons (Fsp3) is 0.0286. The largest absolute Gasteiger partial charge is 0.0616 e. The Kier molecular flexibility index (Phi) is 3.68. The van der Waals surface area contributed by atoms with Crippen LogP contribution in [0.5, 0.6) is 0 Å². The molecule has 0 spiro atoms. The average Bonchev–Trinajstić information content (AvgIpc) is 2.89. The van der Waals surface area contributed by atoms with E-state index >= 15 is 0 Å². The van der Waals surface area contributed by atoms with E-state index in [1.165, 1.54) is 81.0 Å². The molecule has 0 amide bonds. The van der Waals surface area contributed by atoms with E-state index in [1.807, 2.05) is 0 Å². The third kappa shape index (κ3) is 2.74. The number of rotatable bonds is 0. The highest BCUT2D eigenvalue weighted by molar-refractivity contribution is 6.17. The molecular formula is C35H22. The van der Waals surface area contributed by atoms with E-state index in [1.54, 1.807) is 0 Å². The van der Waals surface area contributed by atoms with E-state index < -0.39 is 0 Å². The van der Waals surface area contributed by atoms with Crippen LogP contribution in [0.15, 0.2) is 115 Å². The van der Waals surface area contributed by atoms with Gasteiger partial charge < -0.3 is 0 Å². The molecule has 0 aliphatic carbocycles. The molecule has 0 fully saturated rings. The first-order chi connectivity index (χ1) is 17.2. The van der Waals surface area contributed by atoms with Gasteiger partial charge in [0.25, 0.3) is 0 Å². The van der Waals surface area contributed by atoms with Gasteiger partial charge in [-0.1, -0.05) is 60.7 Å². The van der Waals surface area contributed by atoms with Gasteiger partial charge >= 0.3 is 0 Å². The molecule has 0 saturated heterocycles. The third-order valence-electron chi connectivity index (χ3n) is 7.86. The first-order valence-corrected chi connectivity index (χ1v) is 12.3. The molecule has 0 N–H and O–H groups in total. The van der Waals surface area contributed by atoms with E-state index in [0.717, 1.165) is 0 Å². The molecule has 0 aliphatic heterocycles. The van der Waals surface area contributed by atoms with Crippen LogP contribution in [-0.2, 0) is 0 Å². The molecule has 0 radical (unpaired) electrons. The number of fused-ring (bicyclic) bond motifs is 8. The van der Waals surface area contributed by atoms with Crippen molar-refractivity contribution in [1.82, 2.24) is 0 Å². The Labute approximate surface area is 203 Å². The highest BCUT2D eigenvalue weighted by Gasteiger charge is 2.10. The van der Waals surface area contributed by atoms with Crippen LogP contribution < -0.4 is 0 Å². The van der Waals surface area contributed by atoms with Gasteiger partial charge in [-0.05, 0) is 142 Å². The Morgan fingerprint density at radius 1 is 0.286 bits per heavy atom. The van der Waals surface area contributed by atoms with Crippen LogP contribution in [0.2, 0.25) is 0 Å². The standard InChI is InChI=1S/C35H22/c1-21-32-17-24-8-4-3-7-23(24)13-30(32)16-31-15-28-14-27-11-10-26-12-22-6-2-5-9-25(22)18-34(26)35(27)20-29(28)19-33(21)31/h2-20H,1H3. The SMILES string of the molecule is Cc1c2cc3ccccc3cc2cc2cc3cc4ccc5cc6ccccc6cc5c4cc3cc12. The summed E-state index contributed by atoms with van der Waals surface area (Å²) in [5.41, 5.74) is 1.36. The summed E-state index contributed by atoms with van der Waals surface area (Å²) in [4.78, 5) is 0. The van der Waals surface area contributed by atoms with Crippen molar-refractivity contribution < 1.29 is 0 Å². The Balaban J connectivity index is 1.46. The Bertz CT molecular complexity index is 2160. The van der Waals surface area contributed by atoms with E-state index in [-0.39, 0.29) is 0 Å². The minimum Gasteiger partial charge on any atom is -0.0616 e. The maximum absolute atomic E-state index is 2.40. The minimum absolute atomic E-state index is 1.29. The van der Waals surface area contributed by atoms with Crippen LogP contribution in [0.1, 0.15) is 5.56 Å². The van der Waals surface area contributed by atoms with Gasteiger partial charge in [-0.3, -0.25) is 0 Å². The molecule has 0 unspecified atom stereocenters. The molecule has 162 valence electrons.